The average Bonchev–Trinajstić information content (AvgIpc) is 2.66. The van der Waals surface area contributed by atoms with Gasteiger partial charge in [0.25, 0.3) is 5.91 Å². The van der Waals surface area contributed by atoms with Gasteiger partial charge in [0, 0.05) is 0 Å². The topological polar surface area (TPSA) is 64.6 Å². The first-order chi connectivity index (χ1) is 13.2. The molecule has 0 saturated heterocycles. The van der Waals surface area contributed by atoms with E-state index in [1.807, 2.05) is 55.5 Å². The van der Waals surface area contributed by atoms with E-state index in [2.05, 4.69) is 26.1 Å². The minimum absolute atomic E-state index is 0.0281. The second-order valence-corrected chi connectivity index (χ2v) is 7.89. The molecule has 0 aliphatic heterocycles. The average molecular weight is 383 g/mol. The lowest BCUT2D eigenvalue weighted by Crippen LogP contribution is -2.22. The van der Waals surface area contributed by atoms with E-state index < -0.39 is 11.9 Å². The molecule has 2 aromatic carbocycles. The number of esters is 1. The van der Waals surface area contributed by atoms with Gasteiger partial charge in [-0.3, -0.25) is 9.59 Å². The van der Waals surface area contributed by atoms with Gasteiger partial charge in [0.05, 0.1) is 19.2 Å². The molecule has 0 aliphatic rings. The van der Waals surface area contributed by atoms with Gasteiger partial charge in [-0.1, -0.05) is 64.1 Å². The van der Waals surface area contributed by atoms with Crippen molar-refractivity contribution in [2.24, 2.45) is 0 Å². The Labute approximate surface area is 167 Å². The highest BCUT2D eigenvalue weighted by Gasteiger charge is 2.18. The summed E-state index contributed by atoms with van der Waals surface area (Å²) < 4.78 is 10.5. The summed E-state index contributed by atoms with van der Waals surface area (Å²) >= 11 is 0. The molecule has 28 heavy (non-hydrogen) atoms. The SMILES string of the molecule is COc1ccc(C(C)(C)C)cc1NC(=O)COC(=O)CC(C)c1ccccc1. The second kappa shape index (κ2) is 9.40. The van der Waals surface area contributed by atoms with Gasteiger partial charge in [0.15, 0.2) is 6.61 Å². The molecule has 0 fully saturated rings. The van der Waals surface area contributed by atoms with Crippen molar-refractivity contribution >= 4 is 17.6 Å². The van der Waals surface area contributed by atoms with Crippen molar-refractivity contribution in [3.63, 3.8) is 0 Å². The summed E-state index contributed by atoms with van der Waals surface area (Å²) in [7, 11) is 1.55. The Morgan fingerprint density at radius 1 is 1.07 bits per heavy atom. The number of methoxy groups -OCH3 is 1. The van der Waals surface area contributed by atoms with Crippen LogP contribution >= 0.6 is 0 Å². The van der Waals surface area contributed by atoms with Crippen molar-refractivity contribution < 1.29 is 19.1 Å². The number of ether oxygens (including phenoxy) is 2. The Bertz CT molecular complexity index is 809. The fourth-order valence-corrected chi connectivity index (χ4v) is 2.81. The summed E-state index contributed by atoms with van der Waals surface area (Å²) in [4.78, 5) is 24.3. The minimum Gasteiger partial charge on any atom is -0.495 e. The van der Waals surface area contributed by atoms with Crippen molar-refractivity contribution in [3.05, 3.63) is 59.7 Å². The normalized spacial score (nSPS) is 12.2. The number of hydrogen-bond acceptors (Lipinski definition) is 4. The zero-order valence-electron chi connectivity index (χ0n) is 17.2. The quantitative estimate of drug-likeness (QED) is 0.706. The number of rotatable bonds is 7. The van der Waals surface area contributed by atoms with Gasteiger partial charge in [-0.05, 0) is 34.6 Å². The van der Waals surface area contributed by atoms with Gasteiger partial charge in [-0.2, -0.15) is 0 Å². The van der Waals surface area contributed by atoms with Gasteiger partial charge in [-0.25, -0.2) is 0 Å². The van der Waals surface area contributed by atoms with E-state index in [1.165, 1.54) is 0 Å². The lowest BCUT2D eigenvalue weighted by molar-refractivity contribution is -0.147. The van der Waals surface area contributed by atoms with Crippen molar-refractivity contribution in [3.8, 4) is 5.75 Å². The summed E-state index contributed by atoms with van der Waals surface area (Å²) in [5, 5.41) is 2.77. The van der Waals surface area contributed by atoms with Crippen LogP contribution in [-0.2, 0) is 19.7 Å². The summed E-state index contributed by atoms with van der Waals surface area (Å²) in [5.74, 6) is -0.210. The monoisotopic (exact) mass is 383 g/mol. The van der Waals surface area contributed by atoms with Gasteiger partial charge in [0.2, 0.25) is 0 Å². The van der Waals surface area contributed by atoms with E-state index in [0.717, 1.165) is 11.1 Å². The predicted molar refractivity (Wildman–Crippen MR) is 111 cm³/mol. The molecule has 5 nitrogen and oxygen atoms in total. The third kappa shape index (κ3) is 6.12. The molecule has 5 heteroatoms. The van der Waals surface area contributed by atoms with Gasteiger partial charge >= 0.3 is 5.97 Å². The molecule has 0 spiro atoms. The third-order valence-corrected chi connectivity index (χ3v) is 4.55. The summed E-state index contributed by atoms with van der Waals surface area (Å²) in [6.07, 6.45) is 0.222. The van der Waals surface area contributed by atoms with E-state index in [-0.39, 0.29) is 24.4 Å². The first-order valence-corrected chi connectivity index (χ1v) is 9.39. The van der Waals surface area contributed by atoms with Crippen LogP contribution in [0.4, 0.5) is 5.69 Å². The van der Waals surface area contributed by atoms with Crippen LogP contribution < -0.4 is 10.1 Å². The number of nitrogens with one attached hydrogen (secondary N) is 1. The van der Waals surface area contributed by atoms with E-state index in [0.29, 0.717) is 11.4 Å². The molecular weight excluding hydrogens is 354 g/mol. The van der Waals surface area contributed by atoms with Gasteiger partial charge in [-0.15, -0.1) is 0 Å². The Balaban J connectivity index is 1.92. The maximum atomic E-state index is 12.3. The molecule has 1 N–H and O–H groups in total. The molecule has 2 rings (SSSR count). The van der Waals surface area contributed by atoms with Crippen LogP contribution in [-0.4, -0.2) is 25.6 Å². The van der Waals surface area contributed by atoms with Crippen LogP contribution in [0.3, 0.4) is 0 Å². The standard InChI is InChI=1S/C23H29NO4/c1-16(17-9-7-6-8-10-17)13-22(26)28-15-21(25)24-19-14-18(23(2,3)4)11-12-20(19)27-5/h6-12,14,16H,13,15H2,1-5H3,(H,24,25). The summed E-state index contributed by atoms with van der Waals surface area (Å²) in [6.45, 7) is 7.91. The highest BCUT2D eigenvalue weighted by molar-refractivity contribution is 5.94. The first kappa shape index (κ1) is 21.5. The Morgan fingerprint density at radius 3 is 2.36 bits per heavy atom. The summed E-state index contributed by atoms with van der Waals surface area (Å²) in [5.41, 5.74) is 2.63. The van der Waals surface area contributed by atoms with Crippen LogP contribution in [0.5, 0.6) is 5.75 Å². The molecule has 1 unspecified atom stereocenters. The molecule has 0 heterocycles. The lowest BCUT2D eigenvalue weighted by Gasteiger charge is -2.21. The molecule has 0 aliphatic carbocycles. The largest absolute Gasteiger partial charge is 0.495 e. The molecule has 1 atom stereocenters. The van der Waals surface area contributed by atoms with Crippen LogP contribution in [0, 0.1) is 0 Å². The summed E-state index contributed by atoms with van der Waals surface area (Å²) in [6, 6.07) is 15.4. The van der Waals surface area contributed by atoms with Crippen molar-refractivity contribution in [2.75, 3.05) is 19.0 Å². The molecule has 0 saturated carbocycles. The number of benzene rings is 2. The first-order valence-electron chi connectivity index (χ1n) is 9.39. The molecule has 1 amide bonds. The van der Waals surface area contributed by atoms with Crippen LogP contribution in [0.15, 0.2) is 48.5 Å². The Kier molecular flexibility index (Phi) is 7.21. The zero-order valence-corrected chi connectivity index (χ0v) is 17.2. The van der Waals surface area contributed by atoms with Crippen molar-refractivity contribution in [1.29, 1.82) is 0 Å². The fraction of sp³-hybridized carbons (Fsp3) is 0.391. The highest BCUT2D eigenvalue weighted by Crippen LogP contribution is 2.31. The van der Waals surface area contributed by atoms with Crippen LogP contribution in [0.1, 0.15) is 51.2 Å². The molecule has 2 aromatic rings. The molecule has 0 bridgehead atoms. The second-order valence-electron chi connectivity index (χ2n) is 7.89. The lowest BCUT2D eigenvalue weighted by atomic mass is 9.87. The molecule has 0 aromatic heterocycles. The maximum absolute atomic E-state index is 12.3. The number of carbonyl (C=O) groups excluding carboxylic acids is 2. The van der Waals surface area contributed by atoms with E-state index >= 15 is 0 Å². The minimum atomic E-state index is -0.401. The Hall–Kier alpha value is -2.82. The number of carbonyl (C=O) groups is 2. The van der Waals surface area contributed by atoms with Crippen molar-refractivity contribution in [1.82, 2.24) is 0 Å². The zero-order chi connectivity index (χ0) is 20.7. The van der Waals surface area contributed by atoms with E-state index in [1.54, 1.807) is 7.11 Å². The highest BCUT2D eigenvalue weighted by atomic mass is 16.5. The van der Waals surface area contributed by atoms with Crippen LogP contribution in [0.25, 0.3) is 0 Å². The predicted octanol–water partition coefficient (Wildman–Crippen LogP) is 4.67. The number of anilines is 1. The van der Waals surface area contributed by atoms with Gasteiger partial charge < -0.3 is 14.8 Å². The van der Waals surface area contributed by atoms with E-state index in [4.69, 9.17) is 9.47 Å². The fourth-order valence-electron chi connectivity index (χ4n) is 2.81. The number of hydrogen-bond donors (Lipinski definition) is 1. The molecule has 150 valence electrons. The number of amides is 1. The van der Waals surface area contributed by atoms with E-state index in [9.17, 15) is 9.59 Å². The molecular formula is C23H29NO4. The Morgan fingerprint density at radius 2 is 1.75 bits per heavy atom. The van der Waals surface area contributed by atoms with Crippen molar-refractivity contribution in [2.45, 2.75) is 45.4 Å². The smallest absolute Gasteiger partial charge is 0.306 e. The van der Waals surface area contributed by atoms with Gasteiger partial charge in [0.1, 0.15) is 5.75 Å². The molecule has 0 radical (unpaired) electrons. The maximum Gasteiger partial charge on any atom is 0.306 e. The van der Waals surface area contributed by atoms with Crippen LogP contribution in [0.2, 0.25) is 0 Å². The third-order valence-electron chi connectivity index (χ3n) is 4.55.